The minimum Gasteiger partial charge on any atom is -0.493 e. The molecule has 0 unspecified atom stereocenters. The van der Waals surface area contributed by atoms with Crippen molar-refractivity contribution in [1.82, 2.24) is 0 Å². The molecule has 2 aromatic carbocycles. The lowest BCUT2D eigenvalue weighted by Crippen LogP contribution is -2.09. The van der Waals surface area contributed by atoms with Gasteiger partial charge in [0.1, 0.15) is 11.6 Å². The third kappa shape index (κ3) is 3.46. The van der Waals surface area contributed by atoms with Crippen LogP contribution >= 0.6 is 12.2 Å². The van der Waals surface area contributed by atoms with E-state index in [1.807, 2.05) is 0 Å². The smallest absolute Gasteiger partial charge is 0.165 e. The molecular weight excluding hydrogens is 296 g/mol. The molecule has 2 aromatic rings. The van der Waals surface area contributed by atoms with Gasteiger partial charge in [-0.3, -0.25) is 0 Å². The first-order chi connectivity index (χ1) is 10.0. The normalized spacial score (nSPS) is 10.2. The number of ether oxygens (including phenoxy) is 2. The summed E-state index contributed by atoms with van der Waals surface area (Å²) in [6, 6.07) is 8.83. The Hall–Kier alpha value is -2.21. The molecule has 0 amide bonds. The number of hydrogen-bond acceptors (Lipinski definition) is 3. The van der Waals surface area contributed by atoms with Crippen LogP contribution in [-0.4, -0.2) is 12.1 Å². The van der Waals surface area contributed by atoms with Crippen LogP contribution < -0.4 is 15.2 Å². The maximum absolute atomic E-state index is 13.5. The minimum absolute atomic E-state index is 0.119. The van der Waals surface area contributed by atoms with Crippen LogP contribution in [0.15, 0.2) is 36.4 Å². The van der Waals surface area contributed by atoms with Crippen LogP contribution in [0.2, 0.25) is 0 Å². The average molecular weight is 309 g/mol. The van der Waals surface area contributed by atoms with Gasteiger partial charge in [0, 0.05) is 11.1 Å². The fourth-order valence-electron chi connectivity index (χ4n) is 1.76. The van der Waals surface area contributed by atoms with Crippen molar-refractivity contribution in [2.45, 2.75) is 6.61 Å². The Morgan fingerprint density at radius 2 is 1.95 bits per heavy atom. The summed E-state index contributed by atoms with van der Waals surface area (Å²) in [7, 11) is 1.47. The van der Waals surface area contributed by atoms with Gasteiger partial charge in [0.05, 0.1) is 7.11 Å². The molecule has 0 aliphatic rings. The zero-order valence-electron chi connectivity index (χ0n) is 11.2. The number of halogens is 2. The van der Waals surface area contributed by atoms with Crippen molar-refractivity contribution in [3.8, 4) is 11.5 Å². The molecule has 0 aliphatic heterocycles. The maximum Gasteiger partial charge on any atom is 0.165 e. The molecule has 0 radical (unpaired) electrons. The summed E-state index contributed by atoms with van der Waals surface area (Å²) in [5, 5.41) is 0. The molecule has 0 spiro atoms. The summed E-state index contributed by atoms with van der Waals surface area (Å²) >= 11 is 4.88. The van der Waals surface area contributed by atoms with E-state index in [0.717, 1.165) is 6.07 Å². The van der Waals surface area contributed by atoms with Gasteiger partial charge in [-0.15, -0.1) is 0 Å². The molecular formula is C15H13F2NO2S. The van der Waals surface area contributed by atoms with E-state index in [0.29, 0.717) is 17.1 Å². The van der Waals surface area contributed by atoms with Gasteiger partial charge < -0.3 is 15.2 Å². The first-order valence-corrected chi connectivity index (χ1v) is 6.47. The van der Waals surface area contributed by atoms with Gasteiger partial charge >= 0.3 is 0 Å². The Balaban J connectivity index is 2.20. The summed E-state index contributed by atoms with van der Waals surface area (Å²) in [6.45, 7) is -0.119. The fourth-order valence-corrected chi connectivity index (χ4v) is 1.88. The van der Waals surface area contributed by atoms with Crippen LogP contribution in [0.4, 0.5) is 8.78 Å². The van der Waals surface area contributed by atoms with Crippen molar-refractivity contribution in [2.75, 3.05) is 7.11 Å². The monoisotopic (exact) mass is 309 g/mol. The van der Waals surface area contributed by atoms with E-state index in [1.54, 1.807) is 18.2 Å². The molecule has 2 rings (SSSR count). The number of rotatable bonds is 5. The Morgan fingerprint density at radius 3 is 2.62 bits per heavy atom. The van der Waals surface area contributed by atoms with E-state index in [2.05, 4.69) is 0 Å². The molecule has 0 aromatic heterocycles. The molecule has 3 nitrogen and oxygen atoms in total. The standard InChI is InChI=1S/C15H13F2NO2S/c1-19-13-7-9(15(18)21)5-6-12(13)20-8-10-3-2-4-11(16)14(10)17/h2-7H,8H2,1H3,(H2,18,21). The Labute approximate surface area is 126 Å². The number of nitrogens with two attached hydrogens (primary N) is 1. The highest BCUT2D eigenvalue weighted by atomic mass is 32.1. The molecule has 0 heterocycles. The van der Waals surface area contributed by atoms with E-state index >= 15 is 0 Å². The van der Waals surface area contributed by atoms with Gasteiger partial charge in [0.2, 0.25) is 0 Å². The third-order valence-electron chi connectivity index (χ3n) is 2.86. The van der Waals surface area contributed by atoms with Gasteiger partial charge in [0.15, 0.2) is 23.1 Å². The van der Waals surface area contributed by atoms with Crippen molar-refractivity contribution in [1.29, 1.82) is 0 Å². The number of thiocarbonyl (C=S) groups is 1. The fraction of sp³-hybridized carbons (Fsp3) is 0.133. The molecule has 6 heteroatoms. The van der Waals surface area contributed by atoms with Crippen LogP contribution in [0, 0.1) is 11.6 Å². The molecule has 0 saturated carbocycles. The van der Waals surface area contributed by atoms with Gasteiger partial charge in [-0.1, -0.05) is 24.4 Å². The van der Waals surface area contributed by atoms with Crippen molar-refractivity contribution < 1.29 is 18.3 Å². The second-order valence-corrected chi connectivity index (χ2v) is 4.67. The summed E-state index contributed by atoms with van der Waals surface area (Å²) < 4.78 is 37.3. The van der Waals surface area contributed by atoms with E-state index in [-0.39, 0.29) is 17.2 Å². The second kappa shape index (κ2) is 6.49. The van der Waals surface area contributed by atoms with E-state index in [1.165, 1.54) is 19.2 Å². The lowest BCUT2D eigenvalue weighted by molar-refractivity contribution is 0.278. The van der Waals surface area contributed by atoms with Crippen LogP contribution in [0.25, 0.3) is 0 Å². The number of benzene rings is 2. The van der Waals surface area contributed by atoms with Crippen LogP contribution in [-0.2, 0) is 6.61 Å². The summed E-state index contributed by atoms with van der Waals surface area (Å²) in [4.78, 5) is 0.232. The average Bonchev–Trinajstić information content (AvgIpc) is 2.48. The third-order valence-corrected chi connectivity index (χ3v) is 3.10. The predicted octanol–water partition coefficient (Wildman–Crippen LogP) is 3.19. The SMILES string of the molecule is COc1cc(C(N)=S)ccc1OCc1cccc(F)c1F. The highest BCUT2D eigenvalue weighted by Crippen LogP contribution is 2.29. The molecule has 21 heavy (non-hydrogen) atoms. The van der Waals surface area contributed by atoms with E-state index in [4.69, 9.17) is 27.4 Å². The molecule has 0 fully saturated rings. The summed E-state index contributed by atoms with van der Waals surface area (Å²) in [6.07, 6.45) is 0. The van der Waals surface area contributed by atoms with Crippen LogP contribution in [0.1, 0.15) is 11.1 Å². The van der Waals surface area contributed by atoms with Crippen molar-refractivity contribution in [3.63, 3.8) is 0 Å². The first kappa shape index (κ1) is 15.2. The molecule has 110 valence electrons. The van der Waals surface area contributed by atoms with Crippen molar-refractivity contribution >= 4 is 17.2 Å². The topological polar surface area (TPSA) is 44.5 Å². The van der Waals surface area contributed by atoms with Gasteiger partial charge in [-0.25, -0.2) is 8.78 Å². The van der Waals surface area contributed by atoms with Crippen LogP contribution in [0.5, 0.6) is 11.5 Å². The van der Waals surface area contributed by atoms with E-state index < -0.39 is 11.6 Å². The Morgan fingerprint density at radius 1 is 1.19 bits per heavy atom. The number of methoxy groups -OCH3 is 1. The zero-order chi connectivity index (χ0) is 15.4. The lowest BCUT2D eigenvalue weighted by Gasteiger charge is -2.12. The van der Waals surface area contributed by atoms with E-state index in [9.17, 15) is 8.78 Å². The largest absolute Gasteiger partial charge is 0.493 e. The first-order valence-electron chi connectivity index (χ1n) is 6.06. The van der Waals surface area contributed by atoms with Crippen LogP contribution in [0.3, 0.4) is 0 Å². The highest BCUT2D eigenvalue weighted by molar-refractivity contribution is 7.80. The highest BCUT2D eigenvalue weighted by Gasteiger charge is 2.11. The molecule has 0 saturated heterocycles. The quantitative estimate of drug-likeness (QED) is 0.862. The minimum atomic E-state index is -0.920. The van der Waals surface area contributed by atoms with Crippen molar-refractivity contribution in [3.05, 3.63) is 59.2 Å². The van der Waals surface area contributed by atoms with Gasteiger partial charge in [0.25, 0.3) is 0 Å². The second-order valence-electron chi connectivity index (χ2n) is 4.23. The van der Waals surface area contributed by atoms with Gasteiger partial charge in [-0.05, 0) is 24.3 Å². The number of hydrogen-bond donors (Lipinski definition) is 1. The predicted molar refractivity (Wildman–Crippen MR) is 79.6 cm³/mol. The Bertz CT molecular complexity index is 677. The summed E-state index contributed by atoms with van der Waals surface area (Å²) in [5.41, 5.74) is 6.28. The molecule has 0 bridgehead atoms. The lowest BCUT2D eigenvalue weighted by atomic mass is 10.2. The Kier molecular flexibility index (Phi) is 4.70. The van der Waals surface area contributed by atoms with Gasteiger partial charge in [-0.2, -0.15) is 0 Å². The molecule has 0 aliphatic carbocycles. The summed E-state index contributed by atoms with van der Waals surface area (Å²) in [5.74, 6) is -1.03. The zero-order valence-corrected chi connectivity index (χ0v) is 12.0. The molecule has 2 N–H and O–H groups in total. The van der Waals surface area contributed by atoms with Crippen molar-refractivity contribution in [2.24, 2.45) is 5.73 Å². The maximum atomic E-state index is 13.5. The molecule has 0 atom stereocenters.